The normalized spacial score (nSPS) is 18.2. The second kappa shape index (κ2) is 6.00. The molecule has 112 valence electrons. The fourth-order valence-corrected chi connectivity index (χ4v) is 2.20. The summed E-state index contributed by atoms with van der Waals surface area (Å²) in [5.74, 6) is 0.822. The van der Waals surface area contributed by atoms with Crippen LogP contribution in [-0.2, 0) is 4.74 Å². The Morgan fingerprint density at radius 3 is 2.86 bits per heavy atom. The van der Waals surface area contributed by atoms with E-state index in [1.807, 2.05) is 32.9 Å². The largest absolute Gasteiger partial charge is 0.444 e. The molecular weight excluding hydrogens is 268 g/mol. The standard InChI is InChI=1S/C15H20N4O2/c1-15(2,3)21-14(20)18-12-6-7-19(10-12)13-5-4-11(8-16)9-17-13/h4-5,9,12H,6-7,10H2,1-3H3,(H,18,20)/t12-/m1/s1. The number of carbonyl (C=O) groups excluding carboxylic acids is 1. The summed E-state index contributed by atoms with van der Waals surface area (Å²) in [6.45, 7) is 7.04. The number of hydrogen-bond donors (Lipinski definition) is 1. The lowest BCUT2D eigenvalue weighted by Crippen LogP contribution is -2.40. The Balaban J connectivity index is 1.88. The van der Waals surface area contributed by atoms with Crippen LogP contribution in [0.2, 0.25) is 0 Å². The Kier molecular flexibility index (Phi) is 4.32. The smallest absolute Gasteiger partial charge is 0.407 e. The summed E-state index contributed by atoms with van der Waals surface area (Å²) >= 11 is 0. The Morgan fingerprint density at radius 1 is 1.52 bits per heavy atom. The molecule has 1 aliphatic rings. The number of anilines is 1. The zero-order valence-corrected chi connectivity index (χ0v) is 12.6. The highest BCUT2D eigenvalue weighted by Gasteiger charge is 2.26. The van der Waals surface area contributed by atoms with Gasteiger partial charge in [0, 0.05) is 19.3 Å². The van der Waals surface area contributed by atoms with Gasteiger partial charge in [0.25, 0.3) is 0 Å². The van der Waals surface area contributed by atoms with Crippen molar-refractivity contribution in [1.82, 2.24) is 10.3 Å². The van der Waals surface area contributed by atoms with Gasteiger partial charge in [-0.05, 0) is 39.3 Å². The zero-order chi connectivity index (χ0) is 15.5. The van der Waals surface area contributed by atoms with E-state index in [1.54, 1.807) is 12.3 Å². The van der Waals surface area contributed by atoms with E-state index in [9.17, 15) is 4.79 Å². The first-order valence-corrected chi connectivity index (χ1v) is 6.98. The molecule has 0 aliphatic carbocycles. The quantitative estimate of drug-likeness (QED) is 0.901. The summed E-state index contributed by atoms with van der Waals surface area (Å²) in [6, 6.07) is 5.67. The molecule has 21 heavy (non-hydrogen) atoms. The third kappa shape index (κ3) is 4.35. The van der Waals surface area contributed by atoms with Crippen LogP contribution in [0, 0.1) is 11.3 Å². The van der Waals surface area contributed by atoms with E-state index in [0.717, 1.165) is 18.8 Å². The van der Waals surface area contributed by atoms with Crippen LogP contribution in [0.4, 0.5) is 10.6 Å². The number of nitriles is 1. The number of pyridine rings is 1. The molecule has 1 amide bonds. The van der Waals surface area contributed by atoms with Gasteiger partial charge in [0.15, 0.2) is 0 Å². The van der Waals surface area contributed by atoms with Crippen LogP contribution in [0.5, 0.6) is 0 Å². The van der Waals surface area contributed by atoms with Crippen molar-refractivity contribution in [3.63, 3.8) is 0 Å². The van der Waals surface area contributed by atoms with Crippen molar-refractivity contribution in [2.75, 3.05) is 18.0 Å². The van der Waals surface area contributed by atoms with E-state index >= 15 is 0 Å². The molecule has 0 bridgehead atoms. The van der Waals surface area contributed by atoms with Crippen molar-refractivity contribution in [2.45, 2.75) is 38.8 Å². The fraction of sp³-hybridized carbons (Fsp3) is 0.533. The summed E-state index contributed by atoms with van der Waals surface area (Å²) in [6.07, 6.45) is 2.02. The number of aromatic nitrogens is 1. The minimum atomic E-state index is -0.489. The number of carbonyl (C=O) groups is 1. The van der Waals surface area contributed by atoms with Crippen LogP contribution >= 0.6 is 0 Å². The number of hydrogen-bond acceptors (Lipinski definition) is 5. The number of alkyl carbamates (subject to hydrolysis) is 1. The first-order chi connectivity index (χ1) is 9.87. The molecular formula is C15H20N4O2. The molecule has 1 aliphatic heterocycles. The zero-order valence-electron chi connectivity index (χ0n) is 12.6. The lowest BCUT2D eigenvalue weighted by Gasteiger charge is -2.22. The summed E-state index contributed by atoms with van der Waals surface area (Å²) in [5.41, 5.74) is 0.0539. The molecule has 1 aromatic rings. The van der Waals surface area contributed by atoms with Crippen molar-refractivity contribution in [3.8, 4) is 6.07 Å². The van der Waals surface area contributed by atoms with Gasteiger partial charge in [-0.2, -0.15) is 5.26 Å². The highest BCUT2D eigenvalue weighted by molar-refractivity contribution is 5.68. The van der Waals surface area contributed by atoms with E-state index in [4.69, 9.17) is 10.00 Å². The van der Waals surface area contributed by atoms with E-state index < -0.39 is 5.60 Å². The highest BCUT2D eigenvalue weighted by atomic mass is 16.6. The van der Waals surface area contributed by atoms with Crippen LogP contribution in [-0.4, -0.2) is 35.8 Å². The first-order valence-electron chi connectivity index (χ1n) is 6.98. The molecule has 1 saturated heterocycles. The second-order valence-corrected chi connectivity index (χ2v) is 6.09. The summed E-state index contributed by atoms with van der Waals surface area (Å²) < 4.78 is 5.25. The third-order valence-corrected chi connectivity index (χ3v) is 3.11. The average Bonchev–Trinajstić information content (AvgIpc) is 2.85. The molecule has 0 saturated carbocycles. The molecule has 0 spiro atoms. The van der Waals surface area contributed by atoms with Gasteiger partial charge < -0.3 is 15.0 Å². The summed E-state index contributed by atoms with van der Waals surface area (Å²) in [5, 5.41) is 11.6. The topological polar surface area (TPSA) is 78.2 Å². The number of rotatable bonds is 2. The Bertz CT molecular complexity index is 542. The lowest BCUT2D eigenvalue weighted by molar-refractivity contribution is 0.0509. The summed E-state index contributed by atoms with van der Waals surface area (Å²) in [4.78, 5) is 18.1. The maximum Gasteiger partial charge on any atom is 0.407 e. The maximum atomic E-state index is 11.7. The van der Waals surface area contributed by atoms with Crippen LogP contribution in [0.25, 0.3) is 0 Å². The van der Waals surface area contributed by atoms with Crippen molar-refractivity contribution < 1.29 is 9.53 Å². The van der Waals surface area contributed by atoms with Crippen molar-refractivity contribution in [3.05, 3.63) is 23.9 Å². The molecule has 6 nitrogen and oxygen atoms in total. The van der Waals surface area contributed by atoms with E-state index in [0.29, 0.717) is 12.1 Å². The second-order valence-electron chi connectivity index (χ2n) is 6.09. The summed E-state index contributed by atoms with van der Waals surface area (Å²) in [7, 11) is 0. The monoisotopic (exact) mass is 288 g/mol. The van der Waals surface area contributed by atoms with E-state index in [1.165, 1.54) is 0 Å². The Hall–Kier alpha value is -2.29. The highest BCUT2D eigenvalue weighted by Crippen LogP contribution is 2.18. The first kappa shape index (κ1) is 15.1. The van der Waals surface area contributed by atoms with Gasteiger partial charge in [-0.1, -0.05) is 0 Å². The molecule has 0 radical (unpaired) electrons. The van der Waals surface area contributed by atoms with Gasteiger partial charge >= 0.3 is 6.09 Å². The molecule has 1 atom stereocenters. The predicted molar refractivity (Wildman–Crippen MR) is 78.9 cm³/mol. The molecule has 0 aromatic carbocycles. The van der Waals surface area contributed by atoms with Crippen molar-refractivity contribution >= 4 is 11.9 Å². The van der Waals surface area contributed by atoms with Crippen LogP contribution < -0.4 is 10.2 Å². The van der Waals surface area contributed by atoms with Crippen molar-refractivity contribution in [2.24, 2.45) is 0 Å². The van der Waals surface area contributed by atoms with Gasteiger partial charge in [0.1, 0.15) is 17.5 Å². The van der Waals surface area contributed by atoms with Crippen LogP contribution in [0.1, 0.15) is 32.8 Å². The number of nitrogens with zero attached hydrogens (tertiary/aromatic N) is 3. The Labute approximate surface area is 124 Å². The van der Waals surface area contributed by atoms with Crippen LogP contribution in [0.3, 0.4) is 0 Å². The van der Waals surface area contributed by atoms with Gasteiger partial charge in [-0.15, -0.1) is 0 Å². The molecule has 2 rings (SSSR count). The molecule has 1 aromatic heterocycles. The SMILES string of the molecule is CC(C)(C)OC(=O)N[C@@H]1CCN(c2ccc(C#N)cn2)C1. The predicted octanol–water partition coefficient (Wildman–Crippen LogP) is 2.06. The third-order valence-electron chi connectivity index (χ3n) is 3.11. The van der Waals surface area contributed by atoms with Gasteiger partial charge in [0.2, 0.25) is 0 Å². The van der Waals surface area contributed by atoms with E-state index in [2.05, 4.69) is 15.2 Å². The van der Waals surface area contributed by atoms with Gasteiger partial charge in [0.05, 0.1) is 11.6 Å². The van der Waals surface area contributed by atoms with Gasteiger partial charge in [-0.25, -0.2) is 9.78 Å². The fourth-order valence-electron chi connectivity index (χ4n) is 2.20. The molecule has 1 fully saturated rings. The molecule has 1 N–H and O–H groups in total. The number of amides is 1. The Morgan fingerprint density at radius 2 is 2.29 bits per heavy atom. The van der Waals surface area contributed by atoms with Crippen LogP contribution in [0.15, 0.2) is 18.3 Å². The molecule has 2 heterocycles. The van der Waals surface area contributed by atoms with Gasteiger partial charge in [-0.3, -0.25) is 0 Å². The minimum Gasteiger partial charge on any atom is -0.444 e. The molecule has 0 unspecified atom stereocenters. The molecule has 6 heteroatoms. The minimum absolute atomic E-state index is 0.0530. The lowest BCUT2D eigenvalue weighted by atomic mass is 10.2. The van der Waals surface area contributed by atoms with E-state index in [-0.39, 0.29) is 12.1 Å². The van der Waals surface area contributed by atoms with Crippen molar-refractivity contribution in [1.29, 1.82) is 5.26 Å². The maximum absolute atomic E-state index is 11.7. The average molecular weight is 288 g/mol. The number of ether oxygens (including phenoxy) is 1. The number of nitrogens with one attached hydrogen (secondary N) is 1.